The van der Waals surface area contributed by atoms with Crippen LogP contribution in [-0.2, 0) is 33.8 Å². The van der Waals surface area contributed by atoms with Gasteiger partial charge in [0.05, 0.1) is 20.7 Å². The molecule has 0 bridgehead atoms. The van der Waals surface area contributed by atoms with Crippen LogP contribution in [0.5, 0.6) is 0 Å². The second-order valence-corrected chi connectivity index (χ2v) is 24.8. The Morgan fingerprint density at radius 3 is 1.56 bits per heavy atom. The number of nitrogens with zero attached hydrogens (tertiary/aromatic N) is 6. The van der Waals surface area contributed by atoms with E-state index >= 15 is 0 Å². The van der Waals surface area contributed by atoms with Crippen molar-refractivity contribution < 1.29 is 34.8 Å². The fourth-order valence-electron chi connectivity index (χ4n) is 9.70. The molecule has 7 heterocycles. The van der Waals surface area contributed by atoms with Gasteiger partial charge in [0.25, 0.3) is 9.05 Å². The van der Waals surface area contributed by atoms with Crippen molar-refractivity contribution in [2.75, 3.05) is 39.3 Å². The van der Waals surface area contributed by atoms with Gasteiger partial charge in [-0.25, -0.2) is 30.0 Å². The molecule has 1 amide bonds. The van der Waals surface area contributed by atoms with E-state index < -0.39 is 34.7 Å². The molecule has 0 spiro atoms. The number of aromatic nitrogens is 3. The number of hydrogen-bond donors (Lipinski definition) is 1. The third-order valence-electron chi connectivity index (χ3n) is 12.8. The number of halogens is 1. The molecule has 19 heteroatoms. The lowest BCUT2D eigenvalue weighted by atomic mass is 10.1. The molecule has 1 N–H and O–H groups in total. The zero-order valence-corrected chi connectivity index (χ0v) is 40.9. The van der Waals surface area contributed by atoms with Crippen molar-refractivity contribution in [3.8, 4) is 0 Å². The van der Waals surface area contributed by atoms with E-state index in [4.69, 9.17) is 15.4 Å². The zero-order valence-electron chi connectivity index (χ0n) is 37.7. The Hall–Kier alpha value is -4.82. The number of sulfonamides is 2. The van der Waals surface area contributed by atoms with Crippen molar-refractivity contribution in [3.63, 3.8) is 0 Å². The Morgan fingerprint density at radius 1 is 0.636 bits per heavy atom. The molecular formula is C47H54ClN7O8S3. The molecule has 0 unspecified atom stereocenters. The van der Waals surface area contributed by atoms with Crippen LogP contribution < -0.4 is 5.32 Å². The summed E-state index contributed by atoms with van der Waals surface area (Å²) >= 11 is 0. The number of pyridine rings is 3. The van der Waals surface area contributed by atoms with Crippen molar-refractivity contribution in [2.24, 2.45) is 11.8 Å². The highest BCUT2D eigenvalue weighted by atomic mass is 35.7. The van der Waals surface area contributed by atoms with Gasteiger partial charge in [-0.1, -0.05) is 36.4 Å². The number of likely N-dealkylation sites (tertiary alicyclic amines) is 1. The molecule has 15 nitrogen and oxygen atoms in total. The van der Waals surface area contributed by atoms with Gasteiger partial charge in [-0.15, -0.1) is 0 Å². The minimum absolute atomic E-state index is 0.134. The largest absolute Gasteiger partial charge is 0.444 e. The number of benzene rings is 3. The zero-order chi connectivity index (χ0) is 47.3. The van der Waals surface area contributed by atoms with E-state index in [2.05, 4.69) is 20.3 Å². The maximum absolute atomic E-state index is 13.5. The van der Waals surface area contributed by atoms with Crippen molar-refractivity contribution in [1.29, 1.82) is 0 Å². The van der Waals surface area contributed by atoms with Crippen LogP contribution in [0.3, 0.4) is 0 Å². The first-order chi connectivity index (χ1) is 31.1. The van der Waals surface area contributed by atoms with E-state index in [1.807, 2.05) is 46.8 Å². The van der Waals surface area contributed by atoms with Gasteiger partial charge in [0.2, 0.25) is 20.0 Å². The predicted molar refractivity (Wildman–Crippen MR) is 255 cm³/mol. The van der Waals surface area contributed by atoms with E-state index in [0.29, 0.717) is 65.2 Å². The standard InChI is InChI=1S/C21H27N3O4S.C16H19N3O2S.C10H8ClNO2S/c1-14-10-22-11-15-6-5-7-18(19(14)15)29(26,27)23-12-16-8-9-24(17(16)13-23)20(25)28-21(2,3)4;1-11-7-17-8-12-3-2-4-15(16(11)12)22(20,21)19-9-13-5-6-18-14(13)10-19;1-7-5-12-6-8-3-2-4-9(10(7)8)15(11,13)14/h5-7,10-11,16-17H,8-9,12-13H2,1-4H3;2-4,7-8,13-14,18H,5-6,9-10H2,1H3;2-6H,1H3/t16-,17+;13-,14+;/m00./s1. The van der Waals surface area contributed by atoms with Crippen molar-refractivity contribution >= 4 is 78.2 Å². The Kier molecular flexibility index (Phi) is 13.3. The number of hydrogen-bond acceptors (Lipinski definition) is 12. The number of amides is 1. The molecule has 4 atom stereocenters. The Balaban J connectivity index is 0.000000142. The van der Waals surface area contributed by atoms with Gasteiger partial charge in [0.15, 0.2) is 0 Å². The van der Waals surface area contributed by atoms with Gasteiger partial charge >= 0.3 is 6.09 Å². The van der Waals surface area contributed by atoms with Crippen molar-refractivity contribution in [1.82, 2.24) is 33.8 Å². The lowest BCUT2D eigenvalue weighted by molar-refractivity contribution is 0.0223. The second kappa shape index (κ2) is 18.3. The van der Waals surface area contributed by atoms with Crippen LogP contribution in [0.4, 0.5) is 4.79 Å². The SMILES string of the molecule is Cc1cncc2cccc(S(=O)(=O)Cl)c12.Cc1cncc2cccc(S(=O)(=O)N3C[C@@H]4CCN(C(=O)OC(C)(C)C)[C@@H]4C3)c12.Cc1cncc2cccc(S(=O)(=O)N3C[C@@H]4CCN[C@@H]4C3)c12. The first-order valence-electron chi connectivity index (χ1n) is 21.8. The number of aryl methyl sites for hydroxylation is 3. The molecule has 3 aromatic heterocycles. The van der Waals surface area contributed by atoms with E-state index in [-0.39, 0.29) is 22.9 Å². The maximum atomic E-state index is 13.5. The molecule has 66 heavy (non-hydrogen) atoms. The fourth-order valence-corrected chi connectivity index (χ4v) is 14.5. The lowest BCUT2D eigenvalue weighted by Crippen LogP contribution is -2.43. The number of rotatable bonds is 5. The highest BCUT2D eigenvalue weighted by Gasteiger charge is 2.48. The number of nitrogens with one attached hydrogen (secondary N) is 1. The minimum Gasteiger partial charge on any atom is -0.444 e. The quantitative estimate of drug-likeness (QED) is 0.172. The van der Waals surface area contributed by atoms with Crippen LogP contribution in [0.25, 0.3) is 32.3 Å². The summed E-state index contributed by atoms with van der Waals surface area (Å²) in [5, 5.41) is 8.01. The summed E-state index contributed by atoms with van der Waals surface area (Å²) in [5.41, 5.74) is 1.95. The third kappa shape index (κ3) is 9.50. The highest BCUT2D eigenvalue weighted by Crippen LogP contribution is 2.38. The van der Waals surface area contributed by atoms with E-state index in [0.717, 1.165) is 57.6 Å². The van der Waals surface area contributed by atoms with Gasteiger partial charge in [-0.05, 0) is 108 Å². The first kappa shape index (κ1) is 47.7. The smallest absolute Gasteiger partial charge is 0.410 e. The van der Waals surface area contributed by atoms with E-state index in [1.54, 1.807) is 89.7 Å². The number of fused-ring (bicyclic) bond motifs is 5. The molecule has 6 aromatic rings. The molecule has 350 valence electrons. The molecule has 0 saturated carbocycles. The van der Waals surface area contributed by atoms with Gasteiger partial charge < -0.3 is 15.0 Å². The summed E-state index contributed by atoms with van der Waals surface area (Å²) in [6, 6.07) is 15.8. The van der Waals surface area contributed by atoms with Crippen molar-refractivity contribution in [3.05, 3.63) is 108 Å². The lowest BCUT2D eigenvalue weighted by Gasteiger charge is -2.28. The summed E-state index contributed by atoms with van der Waals surface area (Å²) in [6.45, 7) is 14.6. The van der Waals surface area contributed by atoms with Gasteiger partial charge in [0.1, 0.15) is 5.60 Å². The van der Waals surface area contributed by atoms with Gasteiger partial charge in [0, 0.05) is 119 Å². The van der Waals surface area contributed by atoms with Gasteiger partial charge in [-0.3, -0.25) is 15.0 Å². The molecule has 0 radical (unpaired) electrons. The Labute approximate surface area is 391 Å². The third-order valence-corrected chi connectivity index (χ3v) is 17.9. The van der Waals surface area contributed by atoms with Crippen LogP contribution in [0.2, 0.25) is 0 Å². The highest BCUT2D eigenvalue weighted by molar-refractivity contribution is 8.14. The summed E-state index contributed by atoms with van der Waals surface area (Å²) in [6.07, 6.45) is 11.5. The monoisotopic (exact) mass is 975 g/mol. The first-order valence-corrected chi connectivity index (χ1v) is 27.0. The topological polar surface area (TPSA) is 189 Å². The predicted octanol–water partition coefficient (Wildman–Crippen LogP) is 7.17. The van der Waals surface area contributed by atoms with Crippen molar-refractivity contribution in [2.45, 2.75) is 86.8 Å². The summed E-state index contributed by atoms with van der Waals surface area (Å²) in [4.78, 5) is 27.5. The average molecular weight is 977 g/mol. The molecule has 10 rings (SSSR count). The summed E-state index contributed by atoms with van der Waals surface area (Å²) in [5.74, 6) is 0.586. The van der Waals surface area contributed by atoms with Crippen LogP contribution in [0.15, 0.2) is 106 Å². The number of ether oxygens (including phenoxy) is 1. The van der Waals surface area contributed by atoms with Gasteiger partial charge in [-0.2, -0.15) is 8.61 Å². The molecular weight excluding hydrogens is 922 g/mol. The molecule has 4 fully saturated rings. The van der Waals surface area contributed by atoms with Crippen LogP contribution in [-0.4, -0.2) is 117 Å². The average Bonchev–Trinajstić information content (AvgIpc) is 4.06. The minimum atomic E-state index is -3.71. The molecule has 4 aliphatic heterocycles. The Morgan fingerprint density at radius 2 is 1.09 bits per heavy atom. The van der Waals surface area contributed by atoms with Crippen LogP contribution in [0.1, 0.15) is 50.3 Å². The normalized spacial score (nSPS) is 21.3. The summed E-state index contributed by atoms with van der Waals surface area (Å²) < 4.78 is 84.6. The summed E-state index contributed by atoms with van der Waals surface area (Å²) in [7, 11) is -5.50. The molecule has 0 aliphatic carbocycles. The molecule has 3 aromatic carbocycles. The number of carbonyl (C=O) groups is 1. The Bertz CT molecular complexity index is 3160. The fraction of sp³-hybridized carbons (Fsp3) is 0.404. The van der Waals surface area contributed by atoms with E-state index in [1.165, 1.54) is 10.4 Å². The second-order valence-electron chi connectivity index (χ2n) is 18.4. The number of carbonyl (C=O) groups excluding carboxylic acids is 1. The molecule has 4 saturated heterocycles. The molecule has 4 aliphatic rings. The maximum Gasteiger partial charge on any atom is 0.410 e. The van der Waals surface area contributed by atoms with Crippen LogP contribution in [0, 0.1) is 32.6 Å². The van der Waals surface area contributed by atoms with Crippen LogP contribution >= 0.6 is 10.7 Å². The van der Waals surface area contributed by atoms with E-state index in [9.17, 15) is 30.0 Å².